The number of unbranched alkanes of at least 4 members (excludes halogenated alkanes) is 1. The van der Waals surface area contributed by atoms with Crippen molar-refractivity contribution in [3.63, 3.8) is 0 Å². The smallest absolute Gasteiger partial charge is 0.338 e. The van der Waals surface area contributed by atoms with Gasteiger partial charge in [-0.25, -0.2) is 4.79 Å². The minimum absolute atomic E-state index is 0.0133. The second-order valence-corrected chi connectivity index (χ2v) is 6.42. The maximum atomic E-state index is 12.0. The molecule has 0 fully saturated rings. The van der Waals surface area contributed by atoms with E-state index in [1.54, 1.807) is 24.3 Å². The lowest BCUT2D eigenvalue weighted by atomic mass is 10.2. The number of carbonyl (C=O) groups excluding carboxylic acids is 2. The van der Waals surface area contributed by atoms with E-state index in [0.717, 1.165) is 24.2 Å². The first kappa shape index (κ1) is 19.3. The molecule has 0 radical (unpaired) electrons. The Morgan fingerprint density at radius 1 is 1.31 bits per heavy atom. The van der Waals surface area contributed by atoms with Crippen LogP contribution in [0.1, 0.15) is 35.0 Å². The third kappa shape index (κ3) is 5.82. The van der Waals surface area contributed by atoms with Crippen LogP contribution in [0.15, 0.2) is 42.5 Å². The van der Waals surface area contributed by atoms with E-state index >= 15 is 0 Å². The van der Waals surface area contributed by atoms with Gasteiger partial charge in [0.15, 0.2) is 0 Å². The molecule has 1 aromatic carbocycles. The first-order valence-electron chi connectivity index (χ1n) is 8.00. The molecule has 7 nitrogen and oxygen atoms in total. The number of ether oxygens (including phenoxy) is 1. The molecule has 0 saturated heterocycles. The molecule has 0 spiro atoms. The molecule has 1 aromatic heterocycles. The average molecular weight is 374 g/mol. The normalized spacial score (nSPS) is 10.7. The molecule has 0 bridgehead atoms. The molecule has 0 aliphatic rings. The van der Waals surface area contributed by atoms with Crippen LogP contribution in [-0.4, -0.2) is 23.4 Å². The zero-order valence-electron chi connectivity index (χ0n) is 14.1. The number of amides is 1. The number of anilines is 1. The number of carbonyl (C=O) groups is 2. The second kappa shape index (κ2) is 9.47. The Bertz CT molecular complexity index is 828. The number of benzene rings is 1. The van der Waals surface area contributed by atoms with Crippen molar-refractivity contribution in [3.05, 3.63) is 63.0 Å². The van der Waals surface area contributed by atoms with Crippen LogP contribution in [0.5, 0.6) is 0 Å². The van der Waals surface area contributed by atoms with Gasteiger partial charge in [0.05, 0.1) is 17.1 Å². The van der Waals surface area contributed by atoms with Gasteiger partial charge in [-0.05, 0) is 36.8 Å². The molecule has 8 heteroatoms. The van der Waals surface area contributed by atoms with Crippen molar-refractivity contribution in [3.8, 4) is 0 Å². The molecule has 26 heavy (non-hydrogen) atoms. The zero-order valence-corrected chi connectivity index (χ0v) is 15.0. The van der Waals surface area contributed by atoms with E-state index in [1.807, 2.05) is 6.92 Å². The molecule has 0 unspecified atom stereocenters. The fraction of sp³-hybridized carbons (Fsp3) is 0.222. The van der Waals surface area contributed by atoms with Crippen molar-refractivity contribution in [2.45, 2.75) is 19.8 Å². The van der Waals surface area contributed by atoms with Crippen molar-refractivity contribution in [2.24, 2.45) is 0 Å². The number of rotatable bonds is 8. The summed E-state index contributed by atoms with van der Waals surface area (Å²) in [5, 5.41) is 13.3. The van der Waals surface area contributed by atoms with E-state index in [1.165, 1.54) is 24.3 Å². The highest BCUT2D eigenvalue weighted by Gasteiger charge is 2.09. The highest BCUT2D eigenvalue weighted by molar-refractivity contribution is 7.16. The van der Waals surface area contributed by atoms with Crippen LogP contribution in [-0.2, 0) is 9.53 Å². The maximum Gasteiger partial charge on any atom is 0.338 e. The van der Waals surface area contributed by atoms with Gasteiger partial charge in [-0.15, -0.1) is 0 Å². The van der Waals surface area contributed by atoms with E-state index < -0.39 is 16.8 Å². The second-order valence-electron chi connectivity index (χ2n) is 5.33. The Morgan fingerprint density at radius 3 is 2.81 bits per heavy atom. The highest BCUT2D eigenvalue weighted by atomic mass is 32.1. The summed E-state index contributed by atoms with van der Waals surface area (Å²) in [4.78, 5) is 34.7. The molecule has 0 aliphatic heterocycles. The predicted molar refractivity (Wildman–Crippen MR) is 100 cm³/mol. The molecular formula is C18H18N2O5S. The molecular weight excluding hydrogens is 356 g/mol. The number of nitro groups is 1. The fourth-order valence-electron chi connectivity index (χ4n) is 1.99. The molecule has 0 aliphatic carbocycles. The van der Waals surface area contributed by atoms with E-state index in [2.05, 4.69) is 5.32 Å². The van der Waals surface area contributed by atoms with Crippen molar-refractivity contribution in [1.29, 1.82) is 0 Å². The number of esters is 1. The summed E-state index contributed by atoms with van der Waals surface area (Å²) in [6, 6.07) is 9.42. The maximum absolute atomic E-state index is 12.0. The summed E-state index contributed by atoms with van der Waals surface area (Å²) < 4.78 is 5.14. The number of hydrogen-bond acceptors (Lipinski definition) is 6. The van der Waals surface area contributed by atoms with Crippen LogP contribution in [0.2, 0.25) is 0 Å². The lowest BCUT2D eigenvalue weighted by Crippen LogP contribution is -2.10. The molecule has 2 aromatic rings. The van der Waals surface area contributed by atoms with Gasteiger partial charge in [-0.3, -0.25) is 14.9 Å². The topological polar surface area (TPSA) is 98.5 Å². The highest BCUT2D eigenvalue weighted by Crippen LogP contribution is 2.24. The molecule has 2 rings (SSSR count). The first-order chi connectivity index (χ1) is 12.5. The van der Waals surface area contributed by atoms with Gasteiger partial charge < -0.3 is 10.1 Å². The Labute approximate surface area is 154 Å². The lowest BCUT2D eigenvalue weighted by molar-refractivity contribution is -0.380. The Hall–Kier alpha value is -3.00. The van der Waals surface area contributed by atoms with Gasteiger partial charge in [0.1, 0.15) is 0 Å². The quantitative estimate of drug-likeness (QED) is 0.245. The van der Waals surface area contributed by atoms with Gasteiger partial charge in [0, 0.05) is 22.7 Å². The summed E-state index contributed by atoms with van der Waals surface area (Å²) in [7, 11) is 0. The third-order valence-corrected chi connectivity index (χ3v) is 4.29. The first-order valence-corrected chi connectivity index (χ1v) is 8.81. The molecule has 136 valence electrons. The average Bonchev–Trinajstić information content (AvgIpc) is 3.10. The monoisotopic (exact) mass is 374 g/mol. The molecule has 1 heterocycles. The standard InChI is InChI=1S/C18H18N2O5S/c1-2-3-11-25-18(22)13-5-4-6-14(12-13)19-16(21)9-7-15-8-10-17(26-15)20(23)24/h4-10,12H,2-3,11H2,1H3,(H,19,21)/b9-7+. The van der Waals surface area contributed by atoms with Crippen LogP contribution in [0, 0.1) is 10.1 Å². The summed E-state index contributed by atoms with van der Waals surface area (Å²) in [6.07, 6.45) is 4.51. The Morgan fingerprint density at radius 2 is 2.12 bits per heavy atom. The number of hydrogen-bond donors (Lipinski definition) is 1. The fourth-order valence-corrected chi connectivity index (χ4v) is 2.71. The van der Waals surface area contributed by atoms with Gasteiger partial charge in [-0.2, -0.15) is 0 Å². The van der Waals surface area contributed by atoms with E-state index in [9.17, 15) is 19.7 Å². The van der Waals surface area contributed by atoms with Gasteiger partial charge in [0.2, 0.25) is 5.91 Å². The minimum Gasteiger partial charge on any atom is -0.462 e. The predicted octanol–water partition coefficient (Wildman–Crippen LogP) is 4.27. The van der Waals surface area contributed by atoms with Crippen LogP contribution in [0.25, 0.3) is 6.08 Å². The zero-order chi connectivity index (χ0) is 18.9. The van der Waals surface area contributed by atoms with Gasteiger partial charge in [0.25, 0.3) is 0 Å². The van der Waals surface area contributed by atoms with E-state index in [-0.39, 0.29) is 5.00 Å². The minimum atomic E-state index is -0.479. The molecule has 1 N–H and O–H groups in total. The molecule has 0 saturated carbocycles. The molecule has 0 atom stereocenters. The van der Waals surface area contributed by atoms with Crippen LogP contribution in [0.3, 0.4) is 0 Å². The van der Waals surface area contributed by atoms with Gasteiger partial charge >= 0.3 is 11.0 Å². The number of thiophene rings is 1. The van der Waals surface area contributed by atoms with Crippen LogP contribution in [0.4, 0.5) is 10.7 Å². The van der Waals surface area contributed by atoms with Gasteiger partial charge in [-0.1, -0.05) is 30.7 Å². The van der Waals surface area contributed by atoms with Crippen LogP contribution >= 0.6 is 11.3 Å². The van der Waals surface area contributed by atoms with Crippen molar-refractivity contribution in [2.75, 3.05) is 11.9 Å². The van der Waals surface area contributed by atoms with Crippen molar-refractivity contribution >= 4 is 40.0 Å². The van der Waals surface area contributed by atoms with Crippen molar-refractivity contribution in [1.82, 2.24) is 0 Å². The van der Waals surface area contributed by atoms with Crippen LogP contribution < -0.4 is 5.32 Å². The number of nitrogens with zero attached hydrogens (tertiary/aromatic N) is 1. The summed E-state index contributed by atoms with van der Waals surface area (Å²) >= 11 is 0.978. The van der Waals surface area contributed by atoms with E-state index in [0.29, 0.717) is 22.7 Å². The lowest BCUT2D eigenvalue weighted by Gasteiger charge is -2.06. The number of nitrogens with one attached hydrogen (secondary N) is 1. The molecule has 1 amide bonds. The SMILES string of the molecule is CCCCOC(=O)c1cccc(NC(=O)/C=C/c2ccc([N+](=O)[O-])s2)c1. The Balaban J connectivity index is 1.95. The summed E-state index contributed by atoms with van der Waals surface area (Å²) in [5.74, 6) is -0.839. The van der Waals surface area contributed by atoms with Crippen molar-refractivity contribution < 1.29 is 19.2 Å². The summed E-state index contributed by atoms with van der Waals surface area (Å²) in [5.41, 5.74) is 0.818. The van der Waals surface area contributed by atoms with E-state index in [4.69, 9.17) is 4.74 Å². The largest absolute Gasteiger partial charge is 0.462 e. The Kier molecular flexibility index (Phi) is 7.04. The third-order valence-electron chi connectivity index (χ3n) is 3.29. The summed E-state index contributed by atoms with van der Waals surface area (Å²) in [6.45, 7) is 2.37.